The maximum Gasteiger partial charge on any atom is 0.417 e. The monoisotopic (exact) mass is 302 g/mol. The summed E-state index contributed by atoms with van der Waals surface area (Å²) in [5.74, 6) is -0.906. The van der Waals surface area contributed by atoms with Gasteiger partial charge in [0.15, 0.2) is 0 Å². The number of hydrogen-bond acceptors (Lipinski definition) is 2. The first-order valence-electron chi connectivity index (χ1n) is 7.30. The van der Waals surface area contributed by atoms with Crippen LogP contribution in [-0.4, -0.2) is 12.6 Å². The van der Waals surface area contributed by atoms with Gasteiger partial charge in [-0.1, -0.05) is 51.2 Å². The highest BCUT2D eigenvalue weighted by atomic mass is 19.4. The minimum Gasteiger partial charge on any atom is -0.462 e. The van der Waals surface area contributed by atoms with Crippen LogP contribution in [0.2, 0.25) is 0 Å². The maximum absolute atomic E-state index is 12.8. The summed E-state index contributed by atoms with van der Waals surface area (Å²) >= 11 is 0. The van der Waals surface area contributed by atoms with E-state index in [1.54, 1.807) is 0 Å². The average molecular weight is 302 g/mol. The van der Waals surface area contributed by atoms with Crippen molar-refractivity contribution in [2.45, 2.75) is 51.6 Å². The van der Waals surface area contributed by atoms with Gasteiger partial charge in [0.25, 0.3) is 0 Å². The summed E-state index contributed by atoms with van der Waals surface area (Å²) in [4.78, 5) is 11.7. The molecule has 2 nitrogen and oxygen atoms in total. The number of benzene rings is 1. The third-order valence-corrected chi connectivity index (χ3v) is 3.18. The Bertz CT molecular complexity index is 441. The van der Waals surface area contributed by atoms with Crippen LogP contribution in [0.15, 0.2) is 24.3 Å². The van der Waals surface area contributed by atoms with Gasteiger partial charge < -0.3 is 4.74 Å². The minimum absolute atomic E-state index is 0.164. The van der Waals surface area contributed by atoms with Crippen molar-refractivity contribution in [3.05, 3.63) is 35.4 Å². The molecule has 0 aliphatic carbocycles. The molecule has 0 radical (unpaired) electrons. The first-order chi connectivity index (χ1) is 9.96. The van der Waals surface area contributed by atoms with Gasteiger partial charge in [-0.25, -0.2) is 4.79 Å². The lowest BCUT2D eigenvalue weighted by Crippen LogP contribution is -2.15. The molecule has 5 heteroatoms. The van der Waals surface area contributed by atoms with Gasteiger partial charge in [0.1, 0.15) is 0 Å². The van der Waals surface area contributed by atoms with E-state index in [0.717, 1.165) is 37.8 Å². The Kier molecular flexibility index (Phi) is 7.26. The molecule has 0 heterocycles. The highest BCUT2D eigenvalue weighted by molar-refractivity contribution is 5.91. The average Bonchev–Trinajstić information content (AvgIpc) is 2.45. The lowest BCUT2D eigenvalue weighted by molar-refractivity contribution is -0.138. The smallest absolute Gasteiger partial charge is 0.417 e. The minimum atomic E-state index is -4.55. The molecule has 0 atom stereocenters. The van der Waals surface area contributed by atoms with Gasteiger partial charge in [-0.15, -0.1) is 0 Å². The number of hydrogen-bond donors (Lipinski definition) is 0. The predicted molar refractivity (Wildman–Crippen MR) is 75.1 cm³/mol. The van der Waals surface area contributed by atoms with E-state index < -0.39 is 23.3 Å². The fourth-order valence-corrected chi connectivity index (χ4v) is 2.03. The molecule has 0 saturated heterocycles. The molecule has 0 amide bonds. The third kappa shape index (κ3) is 6.19. The van der Waals surface area contributed by atoms with Crippen LogP contribution in [-0.2, 0) is 10.9 Å². The van der Waals surface area contributed by atoms with E-state index in [-0.39, 0.29) is 6.61 Å². The number of esters is 1. The number of carbonyl (C=O) groups excluding carboxylic acids is 1. The molecule has 21 heavy (non-hydrogen) atoms. The topological polar surface area (TPSA) is 26.3 Å². The van der Waals surface area contributed by atoms with Crippen molar-refractivity contribution >= 4 is 5.97 Å². The summed E-state index contributed by atoms with van der Waals surface area (Å²) < 4.78 is 43.2. The summed E-state index contributed by atoms with van der Waals surface area (Å²) in [6.07, 6.45) is 1.60. The zero-order valence-electron chi connectivity index (χ0n) is 12.2. The molecular weight excluding hydrogens is 281 g/mol. The highest BCUT2D eigenvalue weighted by Crippen LogP contribution is 2.32. The van der Waals surface area contributed by atoms with Crippen LogP contribution >= 0.6 is 0 Å². The van der Waals surface area contributed by atoms with E-state index in [9.17, 15) is 18.0 Å². The second-order valence-corrected chi connectivity index (χ2v) is 4.95. The van der Waals surface area contributed by atoms with Crippen LogP contribution in [0.4, 0.5) is 13.2 Å². The number of halogens is 3. The predicted octanol–water partition coefficient (Wildman–Crippen LogP) is 5.22. The number of alkyl halides is 3. The van der Waals surface area contributed by atoms with Crippen molar-refractivity contribution in [1.29, 1.82) is 0 Å². The third-order valence-electron chi connectivity index (χ3n) is 3.18. The summed E-state index contributed by atoms with van der Waals surface area (Å²) in [5.41, 5.74) is -1.37. The van der Waals surface area contributed by atoms with Gasteiger partial charge in [-0.05, 0) is 18.6 Å². The fourth-order valence-electron chi connectivity index (χ4n) is 2.03. The van der Waals surface area contributed by atoms with Crippen LogP contribution in [0.5, 0.6) is 0 Å². The molecular formula is C16H21F3O2. The Hall–Kier alpha value is -1.52. The Labute approximate surface area is 123 Å². The van der Waals surface area contributed by atoms with Crippen LogP contribution < -0.4 is 0 Å². The van der Waals surface area contributed by atoms with Crippen molar-refractivity contribution in [2.75, 3.05) is 6.61 Å². The fraction of sp³-hybridized carbons (Fsp3) is 0.562. The van der Waals surface area contributed by atoms with Gasteiger partial charge in [-0.2, -0.15) is 13.2 Å². The SMILES string of the molecule is CCCCCCCCOC(=O)c1ccccc1C(F)(F)F. The van der Waals surface area contributed by atoms with Crippen molar-refractivity contribution in [1.82, 2.24) is 0 Å². The standard InChI is InChI=1S/C16H21F3O2/c1-2-3-4-5-6-9-12-21-15(20)13-10-7-8-11-14(13)16(17,18)19/h7-8,10-11H,2-6,9,12H2,1H3. The zero-order chi connectivity index (χ0) is 15.7. The largest absolute Gasteiger partial charge is 0.462 e. The number of ether oxygens (including phenoxy) is 1. The van der Waals surface area contributed by atoms with E-state index in [2.05, 4.69) is 6.92 Å². The first-order valence-corrected chi connectivity index (χ1v) is 7.30. The van der Waals surface area contributed by atoms with Crippen LogP contribution in [0.25, 0.3) is 0 Å². The molecule has 1 aromatic carbocycles. The highest BCUT2D eigenvalue weighted by Gasteiger charge is 2.35. The van der Waals surface area contributed by atoms with Crippen molar-refractivity contribution < 1.29 is 22.7 Å². The molecule has 0 bridgehead atoms. The summed E-state index contributed by atoms with van der Waals surface area (Å²) in [5, 5.41) is 0. The van der Waals surface area contributed by atoms with Crippen molar-refractivity contribution in [2.24, 2.45) is 0 Å². The Balaban J connectivity index is 2.43. The quantitative estimate of drug-likeness (QED) is 0.486. The lowest BCUT2D eigenvalue weighted by atomic mass is 10.1. The molecule has 0 saturated carbocycles. The summed E-state index contributed by atoms with van der Waals surface area (Å²) in [7, 11) is 0. The summed E-state index contributed by atoms with van der Waals surface area (Å²) in [6.45, 7) is 2.29. The molecule has 0 N–H and O–H groups in total. The Morgan fingerprint density at radius 3 is 2.33 bits per heavy atom. The number of carbonyl (C=O) groups is 1. The van der Waals surface area contributed by atoms with E-state index >= 15 is 0 Å². The van der Waals surface area contributed by atoms with Crippen LogP contribution in [0, 0.1) is 0 Å². The second-order valence-electron chi connectivity index (χ2n) is 4.95. The van der Waals surface area contributed by atoms with Gasteiger partial charge in [-0.3, -0.25) is 0 Å². The van der Waals surface area contributed by atoms with Crippen LogP contribution in [0.1, 0.15) is 61.4 Å². The van der Waals surface area contributed by atoms with E-state index in [0.29, 0.717) is 6.42 Å². The second kappa shape index (κ2) is 8.70. The molecule has 0 aliphatic rings. The molecule has 1 rings (SSSR count). The number of rotatable bonds is 8. The number of unbranched alkanes of at least 4 members (excludes halogenated alkanes) is 5. The molecule has 0 aromatic heterocycles. The maximum atomic E-state index is 12.8. The van der Waals surface area contributed by atoms with Crippen molar-refractivity contribution in [3.8, 4) is 0 Å². The molecule has 118 valence electrons. The van der Waals surface area contributed by atoms with Crippen LogP contribution in [0.3, 0.4) is 0 Å². The molecule has 0 spiro atoms. The first kappa shape index (κ1) is 17.5. The molecule has 0 unspecified atom stereocenters. The normalized spacial score (nSPS) is 11.4. The lowest BCUT2D eigenvalue weighted by Gasteiger charge is -2.12. The molecule has 0 aliphatic heterocycles. The van der Waals surface area contributed by atoms with E-state index in [1.165, 1.54) is 18.6 Å². The van der Waals surface area contributed by atoms with Crippen molar-refractivity contribution in [3.63, 3.8) is 0 Å². The van der Waals surface area contributed by atoms with Gasteiger partial charge in [0.2, 0.25) is 0 Å². The Morgan fingerprint density at radius 2 is 1.67 bits per heavy atom. The zero-order valence-corrected chi connectivity index (χ0v) is 12.2. The Morgan fingerprint density at radius 1 is 1.05 bits per heavy atom. The van der Waals surface area contributed by atoms with Gasteiger partial charge >= 0.3 is 12.1 Å². The molecule has 1 aromatic rings. The summed E-state index contributed by atoms with van der Waals surface area (Å²) in [6, 6.07) is 4.69. The van der Waals surface area contributed by atoms with E-state index in [4.69, 9.17) is 4.74 Å². The molecule has 0 fully saturated rings. The van der Waals surface area contributed by atoms with E-state index in [1.807, 2.05) is 0 Å². The van der Waals surface area contributed by atoms with Gasteiger partial charge in [0, 0.05) is 0 Å². The van der Waals surface area contributed by atoms with Gasteiger partial charge in [0.05, 0.1) is 17.7 Å².